The van der Waals surface area contributed by atoms with E-state index in [1.165, 1.54) is 162 Å². The molecule has 0 aliphatic heterocycles. The van der Waals surface area contributed by atoms with Gasteiger partial charge >= 0.3 is 57.4 Å². The van der Waals surface area contributed by atoms with E-state index in [1.807, 2.05) is 18.2 Å². The number of benzene rings is 6. The number of phenolic OH excluding ortho intramolecular Hbond substituents is 1. The van der Waals surface area contributed by atoms with Gasteiger partial charge in [-0.05, 0) is 181 Å². The minimum atomic E-state index is -0.750. The van der Waals surface area contributed by atoms with Crippen molar-refractivity contribution in [3.05, 3.63) is 221 Å². The van der Waals surface area contributed by atoms with Crippen LogP contribution in [0.1, 0.15) is 130 Å². The van der Waals surface area contributed by atoms with Crippen molar-refractivity contribution in [1.82, 2.24) is 0 Å². The topological polar surface area (TPSA) is 219 Å². The van der Waals surface area contributed by atoms with Crippen LogP contribution in [0, 0.1) is 30.2 Å². The van der Waals surface area contributed by atoms with Gasteiger partial charge in [0.1, 0.15) is 51.9 Å². The van der Waals surface area contributed by atoms with Crippen LogP contribution in [0.15, 0.2) is 174 Å². The normalized spacial score (nSPS) is 10.4. The molecule has 0 unspecified atom stereocenters. The molecule has 1 aliphatic rings. The molecule has 0 spiro atoms. The summed E-state index contributed by atoms with van der Waals surface area (Å²) in [5.74, 6) is -2.58. The van der Waals surface area contributed by atoms with Crippen molar-refractivity contribution in [2.45, 2.75) is 95.1 Å². The second kappa shape index (κ2) is 41.3. The number of esters is 1. The maximum Gasteiger partial charge on any atom is 1.00 e. The molecule has 0 amide bonds. The molecule has 1 heterocycles. The van der Waals surface area contributed by atoms with Gasteiger partial charge in [0.15, 0.2) is 34.7 Å². The molecular formula is C66H69F4KO13. The van der Waals surface area contributed by atoms with E-state index in [4.69, 9.17) is 4.42 Å². The number of phenols is 1. The van der Waals surface area contributed by atoms with Crippen molar-refractivity contribution in [3.8, 4) is 17.1 Å². The number of carbonyl (C=O) groups excluding carboxylic acids is 9. The number of fused-ring (bicyclic) bond motifs is 1. The number of carbonyl (C=O) groups is 9. The molecular weight excluding hydrogens is 1120 g/mol. The molecule has 0 saturated heterocycles. The first-order valence-corrected chi connectivity index (χ1v) is 25.0. The monoisotopic (exact) mass is 1180 g/mol. The van der Waals surface area contributed by atoms with E-state index in [-0.39, 0.29) is 153 Å². The van der Waals surface area contributed by atoms with Crippen molar-refractivity contribution in [1.29, 1.82) is 0 Å². The van der Waals surface area contributed by atoms with E-state index in [1.54, 1.807) is 45.9 Å². The quantitative estimate of drug-likeness (QED) is 0.0337. The number of furan rings is 1. The molecule has 84 heavy (non-hydrogen) atoms. The Labute approximate surface area is 530 Å². The third kappa shape index (κ3) is 35.3. The SMILES string of the molecule is C.CC(=O)CC(=O)c1ccc(F)cc1.CC(=O)CC(=O)c1ccc(F)cc1.CC(=O)c1c(-c2ccc(F)cc2)oc2ccc(O)cc12.CC(=O)c1ccc(F)cc1.CC(C)(C)[O-].CCOC(C)=O.Cc1ccccc1.O=C1C=CC(=O)C=C1.[K+]. The van der Waals surface area contributed by atoms with Crippen LogP contribution in [-0.2, 0) is 28.7 Å². The van der Waals surface area contributed by atoms with Crippen molar-refractivity contribution in [2.24, 2.45) is 0 Å². The number of ketones is 8. The summed E-state index contributed by atoms with van der Waals surface area (Å²) in [6, 6.07) is 36.4. The van der Waals surface area contributed by atoms with Crippen molar-refractivity contribution >= 4 is 63.2 Å². The first-order chi connectivity index (χ1) is 38.4. The fraction of sp³-hybridized carbons (Fsp3) is 0.227. The summed E-state index contributed by atoms with van der Waals surface area (Å²) in [7, 11) is 0. The van der Waals surface area contributed by atoms with E-state index < -0.39 is 5.60 Å². The summed E-state index contributed by atoms with van der Waals surface area (Å²) < 4.78 is 60.2. The van der Waals surface area contributed by atoms with Crippen LogP contribution in [0.3, 0.4) is 0 Å². The summed E-state index contributed by atoms with van der Waals surface area (Å²) in [6.45, 7) is 16.2. The number of aromatic hydroxyl groups is 1. The van der Waals surface area contributed by atoms with Crippen molar-refractivity contribution in [2.75, 3.05) is 6.61 Å². The van der Waals surface area contributed by atoms with Gasteiger partial charge in [-0.15, -0.1) is 5.60 Å². The molecule has 1 aliphatic carbocycles. The smallest absolute Gasteiger partial charge is 0.850 e. The number of allylic oxidation sites excluding steroid dienone is 4. The molecule has 1 N–H and O–H groups in total. The number of ether oxygens (including phenoxy) is 1. The molecule has 6 aromatic carbocycles. The first-order valence-electron chi connectivity index (χ1n) is 25.0. The Morgan fingerprint density at radius 1 is 0.548 bits per heavy atom. The standard InChI is InChI=1S/C16H11FO3.2C10H9FO2.C8H7FO.C7H8.C6H4O2.C4H8O2.C4H9O.CH4.K/c1-9(18)15-13-8-12(19)6-7-14(13)20-16(15)10-2-4-11(17)5-3-10;2*1-7(12)6-10(13)8-2-4-9(11)5-3-8;1-6(10)7-2-4-8(9)5-3-7;1-7-5-3-2-4-6-7;7-5-1-2-6(8)4-3-5;1-3-6-4(2)5;1-4(2,3)5;;/h2-8,19H,1H3;2*2-5H,6H2,1H3;2-5H,1H3;2-6H,1H3;1-4H;3H2,1-2H3;1-3H3;1H4;/q;;;;;;;-1;;+1. The van der Waals surface area contributed by atoms with Crippen LogP contribution in [0.2, 0.25) is 0 Å². The second-order valence-electron chi connectivity index (χ2n) is 18.4. The maximum absolute atomic E-state index is 13.0. The van der Waals surface area contributed by atoms with Crippen LogP contribution in [-0.4, -0.2) is 69.5 Å². The first kappa shape index (κ1) is 78.4. The molecule has 8 rings (SSSR count). The molecule has 0 atom stereocenters. The van der Waals surface area contributed by atoms with E-state index in [0.717, 1.165) is 0 Å². The number of halogens is 4. The summed E-state index contributed by atoms with van der Waals surface area (Å²) >= 11 is 0. The van der Waals surface area contributed by atoms with Crippen LogP contribution in [0.4, 0.5) is 17.6 Å². The third-order valence-corrected chi connectivity index (χ3v) is 9.64. The minimum absolute atomic E-state index is 0. The van der Waals surface area contributed by atoms with Crippen LogP contribution >= 0.6 is 0 Å². The van der Waals surface area contributed by atoms with Crippen molar-refractivity contribution in [3.63, 3.8) is 0 Å². The fourth-order valence-corrected chi connectivity index (χ4v) is 6.03. The second-order valence-corrected chi connectivity index (χ2v) is 18.4. The molecule has 13 nitrogen and oxygen atoms in total. The number of rotatable bonds is 10. The predicted molar refractivity (Wildman–Crippen MR) is 310 cm³/mol. The minimum Gasteiger partial charge on any atom is -0.850 e. The summed E-state index contributed by atoms with van der Waals surface area (Å²) in [4.78, 5) is 96.5. The van der Waals surface area contributed by atoms with Crippen LogP contribution in [0.5, 0.6) is 5.75 Å². The summed E-state index contributed by atoms with van der Waals surface area (Å²) in [5.41, 5.74) is 3.37. The molecule has 440 valence electrons. The molecule has 0 fully saturated rings. The van der Waals surface area contributed by atoms with Gasteiger partial charge in [-0.25, -0.2) is 17.6 Å². The Hall–Kier alpha value is -7.71. The zero-order chi connectivity index (χ0) is 62.1. The van der Waals surface area contributed by atoms with Crippen molar-refractivity contribution < 1.29 is 131 Å². The van der Waals surface area contributed by atoms with Gasteiger partial charge in [0.05, 0.1) is 25.0 Å². The zero-order valence-corrected chi connectivity index (χ0v) is 51.3. The van der Waals surface area contributed by atoms with Crippen LogP contribution in [0.25, 0.3) is 22.3 Å². The van der Waals surface area contributed by atoms with Gasteiger partial charge < -0.3 is 19.4 Å². The largest absolute Gasteiger partial charge is 1.00 e. The Kier molecular flexibility index (Phi) is 38.5. The number of hydrogen-bond acceptors (Lipinski definition) is 13. The average molecular weight is 1190 g/mol. The fourth-order valence-electron chi connectivity index (χ4n) is 6.03. The van der Waals surface area contributed by atoms with Gasteiger partial charge in [0.2, 0.25) is 0 Å². The van der Waals surface area contributed by atoms with Gasteiger partial charge in [0.25, 0.3) is 0 Å². The molecule has 0 radical (unpaired) electrons. The summed E-state index contributed by atoms with van der Waals surface area (Å²) in [6.07, 6.45) is 4.77. The number of Topliss-reactive ketones (excluding diaryl/α,β-unsaturated/α-hetero) is 6. The van der Waals surface area contributed by atoms with E-state index in [2.05, 4.69) is 23.8 Å². The predicted octanol–water partition coefficient (Wildman–Crippen LogP) is 10.8. The van der Waals surface area contributed by atoms with E-state index in [0.29, 0.717) is 51.2 Å². The molecule has 1 aromatic heterocycles. The maximum atomic E-state index is 13.0. The molecule has 7 aromatic rings. The summed E-state index contributed by atoms with van der Waals surface area (Å²) in [5, 5.41) is 20.2. The Balaban J connectivity index is 0. The number of aryl methyl sites for hydroxylation is 1. The van der Waals surface area contributed by atoms with E-state index in [9.17, 15) is 70.9 Å². The zero-order valence-electron chi connectivity index (χ0n) is 48.1. The van der Waals surface area contributed by atoms with Gasteiger partial charge in [0, 0.05) is 34.6 Å². The molecule has 0 bridgehead atoms. The Morgan fingerprint density at radius 2 is 0.905 bits per heavy atom. The van der Waals surface area contributed by atoms with E-state index >= 15 is 0 Å². The third-order valence-electron chi connectivity index (χ3n) is 9.64. The van der Waals surface area contributed by atoms with Gasteiger partial charge in [-0.3, -0.25) is 43.2 Å². The Bertz CT molecular complexity index is 3170. The van der Waals surface area contributed by atoms with Gasteiger partial charge in [-0.2, -0.15) is 0 Å². The number of hydrogen-bond donors (Lipinski definition) is 1. The molecule has 18 heteroatoms. The average Bonchev–Trinajstić information content (AvgIpc) is 3.98. The van der Waals surface area contributed by atoms with Crippen LogP contribution < -0.4 is 56.5 Å². The van der Waals surface area contributed by atoms with Gasteiger partial charge in [-0.1, -0.05) is 64.1 Å². The molecule has 0 saturated carbocycles. The Morgan fingerprint density at radius 3 is 1.19 bits per heavy atom.